The molecule has 18 heavy (non-hydrogen) atoms. The lowest BCUT2D eigenvalue weighted by Crippen LogP contribution is -2.21. The molecule has 0 radical (unpaired) electrons. The summed E-state index contributed by atoms with van der Waals surface area (Å²) in [6, 6.07) is 10.9. The van der Waals surface area contributed by atoms with E-state index in [4.69, 9.17) is 27.5 Å². The highest BCUT2D eigenvalue weighted by molar-refractivity contribution is 6.30. The lowest BCUT2D eigenvalue weighted by molar-refractivity contribution is 0.575. The summed E-state index contributed by atoms with van der Waals surface area (Å²) in [6.07, 6.45) is 1.43. The monoisotopic (exact) mass is 262 g/mol. The van der Waals surface area contributed by atoms with Crippen LogP contribution in [0.1, 0.15) is 5.76 Å². The first kappa shape index (κ1) is 12.2. The van der Waals surface area contributed by atoms with E-state index in [-0.39, 0.29) is 5.96 Å². The average Bonchev–Trinajstić information content (AvgIpc) is 2.78. The van der Waals surface area contributed by atoms with Gasteiger partial charge in [0.1, 0.15) is 11.5 Å². The van der Waals surface area contributed by atoms with Crippen molar-refractivity contribution in [2.75, 3.05) is 0 Å². The predicted molar refractivity (Wildman–Crippen MR) is 72.6 cm³/mol. The number of halogens is 1. The molecule has 0 aliphatic carbocycles. The standard InChI is InChI=1S/C12H11ClN4O/c13-9-3-1-8(2-4-9)11-6-5-10(18-11)7-16-17-12(14)15/h1-7H,(H4,14,15,17)/b16-7+. The Kier molecular flexibility index (Phi) is 3.64. The Bertz CT molecular complexity index is 582. The molecule has 1 heterocycles. The average molecular weight is 263 g/mol. The molecule has 6 heteroatoms. The molecule has 0 fully saturated rings. The van der Waals surface area contributed by atoms with Crippen molar-refractivity contribution < 1.29 is 4.42 Å². The highest BCUT2D eigenvalue weighted by atomic mass is 35.5. The van der Waals surface area contributed by atoms with Gasteiger partial charge in [-0.2, -0.15) is 5.10 Å². The third kappa shape index (κ3) is 3.11. The maximum atomic E-state index is 5.81. The molecule has 1 aromatic carbocycles. The van der Waals surface area contributed by atoms with Crippen molar-refractivity contribution in [2.45, 2.75) is 0 Å². The van der Waals surface area contributed by atoms with Crippen LogP contribution < -0.4 is 11.5 Å². The third-order valence-corrected chi connectivity index (χ3v) is 2.37. The van der Waals surface area contributed by atoms with Crippen molar-refractivity contribution in [1.29, 1.82) is 0 Å². The Balaban J connectivity index is 2.18. The van der Waals surface area contributed by atoms with Gasteiger partial charge in [0.15, 0.2) is 0 Å². The summed E-state index contributed by atoms with van der Waals surface area (Å²) in [5.74, 6) is 1.18. The van der Waals surface area contributed by atoms with Crippen LogP contribution in [-0.2, 0) is 0 Å². The van der Waals surface area contributed by atoms with Gasteiger partial charge >= 0.3 is 0 Å². The molecule has 1 aromatic heterocycles. The van der Waals surface area contributed by atoms with E-state index >= 15 is 0 Å². The number of guanidine groups is 1. The van der Waals surface area contributed by atoms with Gasteiger partial charge < -0.3 is 15.9 Å². The minimum Gasteiger partial charge on any atom is -0.455 e. The molecule has 92 valence electrons. The number of rotatable bonds is 3. The Morgan fingerprint density at radius 1 is 1.11 bits per heavy atom. The molecule has 0 saturated heterocycles. The smallest absolute Gasteiger partial charge is 0.211 e. The lowest BCUT2D eigenvalue weighted by Gasteiger charge is -1.96. The van der Waals surface area contributed by atoms with Crippen molar-refractivity contribution in [1.82, 2.24) is 0 Å². The van der Waals surface area contributed by atoms with E-state index in [9.17, 15) is 0 Å². The summed E-state index contributed by atoms with van der Waals surface area (Å²) in [5, 5.41) is 7.82. The Morgan fingerprint density at radius 3 is 2.50 bits per heavy atom. The molecular formula is C12H11ClN4O. The van der Waals surface area contributed by atoms with E-state index in [0.717, 1.165) is 11.3 Å². The van der Waals surface area contributed by atoms with E-state index in [1.165, 1.54) is 6.21 Å². The van der Waals surface area contributed by atoms with Gasteiger partial charge in [0.2, 0.25) is 5.96 Å². The number of benzene rings is 1. The summed E-state index contributed by atoms with van der Waals surface area (Å²) < 4.78 is 5.55. The van der Waals surface area contributed by atoms with E-state index in [0.29, 0.717) is 10.8 Å². The molecule has 2 rings (SSSR count). The molecule has 0 amide bonds. The molecule has 0 saturated carbocycles. The fourth-order valence-electron chi connectivity index (χ4n) is 1.34. The summed E-state index contributed by atoms with van der Waals surface area (Å²) in [4.78, 5) is 0. The van der Waals surface area contributed by atoms with Crippen LogP contribution in [0.3, 0.4) is 0 Å². The van der Waals surface area contributed by atoms with Crippen molar-refractivity contribution in [3.8, 4) is 11.3 Å². The van der Waals surface area contributed by atoms with Crippen LogP contribution in [0.25, 0.3) is 11.3 Å². The first-order valence-corrected chi connectivity index (χ1v) is 5.51. The maximum absolute atomic E-state index is 5.81. The normalized spacial score (nSPS) is 10.7. The van der Waals surface area contributed by atoms with Gasteiger partial charge in [-0.3, -0.25) is 0 Å². The summed E-state index contributed by atoms with van der Waals surface area (Å²) in [7, 11) is 0. The van der Waals surface area contributed by atoms with Crippen LogP contribution in [0.2, 0.25) is 5.02 Å². The second kappa shape index (κ2) is 5.37. The van der Waals surface area contributed by atoms with Crippen LogP contribution in [0.4, 0.5) is 0 Å². The Labute approximate surface area is 109 Å². The molecule has 0 spiro atoms. The lowest BCUT2D eigenvalue weighted by atomic mass is 10.2. The molecule has 0 unspecified atom stereocenters. The van der Waals surface area contributed by atoms with Crippen LogP contribution >= 0.6 is 11.6 Å². The zero-order valence-electron chi connectivity index (χ0n) is 9.38. The summed E-state index contributed by atoms with van der Waals surface area (Å²) in [5.41, 5.74) is 11.2. The van der Waals surface area contributed by atoms with Crippen molar-refractivity contribution in [2.24, 2.45) is 21.7 Å². The topological polar surface area (TPSA) is 89.9 Å². The highest BCUT2D eigenvalue weighted by Crippen LogP contribution is 2.23. The zero-order chi connectivity index (χ0) is 13.0. The number of nitrogens with two attached hydrogens (primary N) is 2. The van der Waals surface area contributed by atoms with Gasteiger partial charge in [-0.25, -0.2) is 0 Å². The third-order valence-electron chi connectivity index (χ3n) is 2.11. The molecule has 0 aliphatic rings. The zero-order valence-corrected chi connectivity index (χ0v) is 10.1. The fourth-order valence-corrected chi connectivity index (χ4v) is 1.47. The largest absolute Gasteiger partial charge is 0.455 e. The molecule has 2 aromatic rings. The van der Waals surface area contributed by atoms with E-state index in [1.807, 2.05) is 18.2 Å². The number of nitrogens with zero attached hydrogens (tertiary/aromatic N) is 2. The molecule has 0 bridgehead atoms. The van der Waals surface area contributed by atoms with Gasteiger partial charge in [-0.15, -0.1) is 5.10 Å². The molecule has 4 N–H and O–H groups in total. The Morgan fingerprint density at radius 2 is 1.83 bits per heavy atom. The van der Waals surface area contributed by atoms with Gasteiger partial charge in [-0.1, -0.05) is 11.6 Å². The van der Waals surface area contributed by atoms with E-state index in [2.05, 4.69) is 10.2 Å². The number of furan rings is 1. The second-order valence-electron chi connectivity index (χ2n) is 3.48. The SMILES string of the molecule is NC(N)=N/N=C/c1ccc(-c2ccc(Cl)cc2)o1. The van der Waals surface area contributed by atoms with Crippen molar-refractivity contribution >= 4 is 23.8 Å². The quantitative estimate of drug-likeness (QED) is 0.505. The molecule has 5 nitrogen and oxygen atoms in total. The maximum Gasteiger partial charge on any atom is 0.211 e. The van der Waals surface area contributed by atoms with E-state index < -0.39 is 0 Å². The van der Waals surface area contributed by atoms with Crippen molar-refractivity contribution in [3.05, 3.63) is 47.2 Å². The first-order valence-electron chi connectivity index (χ1n) is 5.13. The minimum absolute atomic E-state index is 0.101. The van der Waals surface area contributed by atoms with Gasteiger partial charge in [0.05, 0.1) is 6.21 Å². The van der Waals surface area contributed by atoms with Crippen LogP contribution in [-0.4, -0.2) is 12.2 Å². The van der Waals surface area contributed by atoms with Gasteiger partial charge in [0.25, 0.3) is 0 Å². The molecule has 0 aliphatic heterocycles. The van der Waals surface area contributed by atoms with Gasteiger partial charge in [0, 0.05) is 10.6 Å². The van der Waals surface area contributed by atoms with E-state index in [1.54, 1.807) is 18.2 Å². The summed E-state index contributed by atoms with van der Waals surface area (Å²) in [6.45, 7) is 0. The van der Waals surface area contributed by atoms with Gasteiger partial charge in [-0.05, 0) is 36.4 Å². The Hall–Kier alpha value is -2.27. The fraction of sp³-hybridized carbons (Fsp3) is 0. The highest BCUT2D eigenvalue weighted by Gasteiger charge is 2.02. The van der Waals surface area contributed by atoms with Crippen LogP contribution in [0.15, 0.2) is 51.0 Å². The van der Waals surface area contributed by atoms with Crippen LogP contribution in [0, 0.1) is 0 Å². The second-order valence-corrected chi connectivity index (χ2v) is 3.91. The number of hydrogen-bond donors (Lipinski definition) is 2. The molecule has 0 atom stereocenters. The first-order chi connectivity index (χ1) is 8.65. The minimum atomic E-state index is -0.101. The predicted octanol–water partition coefficient (Wildman–Crippen LogP) is 2.21. The van der Waals surface area contributed by atoms with Crippen LogP contribution in [0.5, 0.6) is 0 Å². The number of hydrogen-bond acceptors (Lipinski definition) is 3. The van der Waals surface area contributed by atoms with Crippen molar-refractivity contribution in [3.63, 3.8) is 0 Å². The summed E-state index contributed by atoms with van der Waals surface area (Å²) >= 11 is 5.81. The molecular weight excluding hydrogens is 252 g/mol.